The minimum atomic E-state index is -0.262. The topological polar surface area (TPSA) is 119 Å². The summed E-state index contributed by atoms with van der Waals surface area (Å²) in [6, 6.07) is 31.2. The van der Waals surface area contributed by atoms with Crippen molar-refractivity contribution in [1.29, 1.82) is 15.8 Å². The smallest absolute Gasteiger partial charge is 0.228 e. The fraction of sp³-hybridized carbons (Fsp3) is 0. The summed E-state index contributed by atoms with van der Waals surface area (Å²) in [6.07, 6.45) is 1.68. The molecule has 1 aliphatic carbocycles. The molecule has 7 heteroatoms. The van der Waals surface area contributed by atoms with Crippen molar-refractivity contribution in [2.45, 2.75) is 0 Å². The van der Waals surface area contributed by atoms with Crippen LogP contribution in [0.25, 0.3) is 40.0 Å². The number of rotatable bonds is 3. The molecular formula is C31H15N5O2. The minimum absolute atomic E-state index is 0.128. The lowest BCUT2D eigenvalue weighted by Crippen LogP contribution is -2.00. The second-order valence-corrected chi connectivity index (χ2v) is 8.54. The molecule has 3 aromatic carbocycles. The second kappa shape index (κ2) is 8.91. The third-order valence-electron chi connectivity index (χ3n) is 6.38. The molecule has 38 heavy (non-hydrogen) atoms. The number of oxazole rings is 1. The van der Waals surface area contributed by atoms with Crippen molar-refractivity contribution in [3.63, 3.8) is 0 Å². The number of fused-ring (bicyclic) bond motifs is 2. The van der Waals surface area contributed by atoms with Gasteiger partial charge in [0.2, 0.25) is 5.89 Å². The number of hydrogen-bond donors (Lipinski definition) is 0. The van der Waals surface area contributed by atoms with Crippen molar-refractivity contribution in [2.75, 3.05) is 0 Å². The number of nitriles is 3. The van der Waals surface area contributed by atoms with E-state index < -0.39 is 0 Å². The van der Waals surface area contributed by atoms with Gasteiger partial charge in [-0.2, -0.15) is 20.8 Å². The van der Waals surface area contributed by atoms with Crippen molar-refractivity contribution < 1.29 is 9.21 Å². The number of aromatic nitrogens is 2. The Morgan fingerprint density at radius 3 is 2.24 bits per heavy atom. The Hall–Kier alpha value is -5.97. The van der Waals surface area contributed by atoms with E-state index in [9.17, 15) is 15.3 Å². The number of ketones is 1. The third-order valence-corrected chi connectivity index (χ3v) is 6.38. The molecule has 0 bridgehead atoms. The van der Waals surface area contributed by atoms with E-state index in [0.717, 1.165) is 11.3 Å². The molecule has 0 aliphatic heterocycles. The largest absolute Gasteiger partial charge is 0.434 e. The Kier molecular flexibility index (Phi) is 5.28. The molecule has 176 valence electrons. The van der Waals surface area contributed by atoms with Gasteiger partial charge in [-0.25, -0.2) is 0 Å². The zero-order valence-electron chi connectivity index (χ0n) is 19.7. The van der Waals surface area contributed by atoms with Crippen molar-refractivity contribution in [3.05, 3.63) is 118 Å². The van der Waals surface area contributed by atoms with Gasteiger partial charge < -0.3 is 4.42 Å². The summed E-state index contributed by atoms with van der Waals surface area (Å²) in [5.74, 6) is 0.131. The molecule has 1 aliphatic rings. The number of carbonyl (C=O) groups excluding carboxylic acids is 1. The highest BCUT2D eigenvalue weighted by atomic mass is 16.3. The predicted octanol–water partition coefficient (Wildman–Crippen LogP) is 6.24. The molecule has 0 N–H and O–H groups in total. The van der Waals surface area contributed by atoms with Crippen molar-refractivity contribution >= 4 is 28.7 Å². The molecule has 2 aromatic heterocycles. The normalized spacial score (nSPS) is 13.2. The highest BCUT2D eigenvalue weighted by Gasteiger charge is 2.33. The third kappa shape index (κ3) is 3.50. The van der Waals surface area contributed by atoms with E-state index in [0.29, 0.717) is 45.1 Å². The first-order valence-electron chi connectivity index (χ1n) is 11.6. The molecule has 0 saturated carbocycles. The summed E-state index contributed by atoms with van der Waals surface area (Å²) < 4.78 is 7.96. The summed E-state index contributed by atoms with van der Waals surface area (Å²) >= 11 is 0. The molecule has 0 radical (unpaired) electrons. The fourth-order valence-electron chi connectivity index (χ4n) is 4.66. The van der Waals surface area contributed by atoms with Crippen LogP contribution >= 0.6 is 0 Å². The van der Waals surface area contributed by atoms with Crippen LogP contribution in [0.3, 0.4) is 0 Å². The number of carbonyl (C=O) groups is 1. The molecule has 0 unspecified atom stereocenters. The predicted molar refractivity (Wildman–Crippen MR) is 140 cm³/mol. The molecule has 7 nitrogen and oxygen atoms in total. The summed E-state index contributed by atoms with van der Waals surface area (Å²) in [5, 5.41) is 28.4. The Bertz CT molecular complexity index is 1940. The van der Waals surface area contributed by atoms with Crippen molar-refractivity contribution in [2.24, 2.45) is 0 Å². The summed E-state index contributed by atoms with van der Waals surface area (Å²) in [4.78, 5) is 18.2. The number of para-hydroxylation sites is 1. The average molecular weight is 489 g/mol. The summed E-state index contributed by atoms with van der Waals surface area (Å²) in [5.41, 5.74) is 5.14. The van der Waals surface area contributed by atoms with Gasteiger partial charge in [0.1, 0.15) is 17.7 Å². The first-order valence-corrected chi connectivity index (χ1v) is 11.6. The van der Waals surface area contributed by atoms with E-state index in [2.05, 4.69) is 6.07 Å². The van der Waals surface area contributed by atoms with Crippen LogP contribution in [0.4, 0.5) is 0 Å². The zero-order valence-corrected chi connectivity index (χ0v) is 19.7. The number of nitrogens with zero attached hydrogens (tertiary/aromatic N) is 5. The monoisotopic (exact) mass is 489 g/mol. The Labute approximate surface area is 217 Å². The summed E-state index contributed by atoms with van der Waals surface area (Å²) in [6.45, 7) is 0. The number of benzene rings is 3. The van der Waals surface area contributed by atoms with Gasteiger partial charge in [0.05, 0.1) is 17.3 Å². The standard InChI is InChI=1S/C31H15N5O2/c32-16-19-10-12-20(13-11-19)31-35-30-27(38-31)15-23(36(30)22-6-2-1-3-7-22)14-26-28(21(17-33)18-34)24-8-4-5-9-25(24)29(26)37/h1-15H/b26-14-. The highest BCUT2D eigenvalue weighted by Crippen LogP contribution is 2.40. The molecule has 5 aromatic rings. The molecule has 0 atom stereocenters. The molecule has 0 amide bonds. The quantitative estimate of drug-likeness (QED) is 0.219. The van der Waals surface area contributed by atoms with Crippen LogP contribution in [-0.4, -0.2) is 15.3 Å². The van der Waals surface area contributed by atoms with Crippen LogP contribution in [0, 0.1) is 34.0 Å². The Morgan fingerprint density at radius 2 is 1.55 bits per heavy atom. The maximum atomic E-state index is 13.4. The van der Waals surface area contributed by atoms with Crippen LogP contribution in [0.2, 0.25) is 0 Å². The molecule has 0 fully saturated rings. The highest BCUT2D eigenvalue weighted by molar-refractivity contribution is 6.29. The van der Waals surface area contributed by atoms with E-state index >= 15 is 0 Å². The van der Waals surface area contributed by atoms with E-state index in [4.69, 9.17) is 14.7 Å². The van der Waals surface area contributed by atoms with Gasteiger partial charge >= 0.3 is 0 Å². The van der Waals surface area contributed by atoms with E-state index in [1.807, 2.05) is 47.0 Å². The van der Waals surface area contributed by atoms with Crippen molar-refractivity contribution in [3.8, 4) is 35.3 Å². The van der Waals surface area contributed by atoms with Gasteiger partial charge in [-0.15, -0.1) is 0 Å². The average Bonchev–Trinajstić information content (AvgIpc) is 3.60. The molecule has 0 spiro atoms. The van der Waals surface area contributed by atoms with Crippen molar-refractivity contribution in [1.82, 2.24) is 9.55 Å². The van der Waals surface area contributed by atoms with Crippen LogP contribution in [-0.2, 0) is 0 Å². The maximum absolute atomic E-state index is 13.4. The Morgan fingerprint density at radius 1 is 0.868 bits per heavy atom. The van der Waals surface area contributed by atoms with Gasteiger partial charge in [-0.1, -0.05) is 42.5 Å². The van der Waals surface area contributed by atoms with Crippen LogP contribution in [0.5, 0.6) is 0 Å². The number of hydrogen-bond acceptors (Lipinski definition) is 6. The van der Waals surface area contributed by atoms with Crippen LogP contribution < -0.4 is 0 Å². The molecule has 0 saturated heterocycles. The minimum Gasteiger partial charge on any atom is -0.434 e. The SMILES string of the molecule is N#CC(C#N)=C1/C(=C/c2cc3oc(-c4ccc(C#N)cc4)nc3n2-c2ccccc2)C(=O)c2ccccc21. The fourth-order valence-corrected chi connectivity index (χ4v) is 4.66. The van der Waals surface area contributed by atoms with E-state index in [1.165, 1.54) is 0 Å². The number of Topliss-reactive ketones (excluding diaryl/α,β-unsaturated/α-hetero) is 1. The first kappa shape index (κ1) is 22.5. The molecular weight excluding hydrogens is 474 g/mol. The second-order valence-electron chi connectivity index (χ2n) is 8.54. The van der Waals surface area contributed by atoms with E-state index in [-0.39, 0.29) is 16.9 Å². The van der Waals surface area contributed by atoms with Gasteiger partial charge in [0.25, 0.3) is 0 Å². The molecule has 6 rings (SSSR count). The lowest BCUT2D eigenvalue weighted by atomic mass is 9.99. The van der Waals surface area contributed by atoms with Crippen LogP contribution in [0.15, 0.2) is 100 Å². The van der Waals surface area contributed by atoms with Gasteiger partial charge in [0.15, 0.2) is 17.0 Å². The van der Waals surface area contributed by atoms with E-state index in [1.54, 1.807) is 60.7 Å². The van der Waals surface area contributed by atoms with Gasteiger partial charge in [-0.3, -0.25) is 9.36 Å². The van der Waals surface area contributed by atoms with Gasteiger partial charge in [-0.05, 0) is 48.0 Å². The molecule has 2 heterocycles. The lowest BCUT2D eigenvalue weighted by Gasteiger charge is -2.08. The zero-order chi connectivity index (χ0) is 26.2. The maximum Gasteiger partial charge on any atom is 0.228 e. The first-order chi connectivity index (χ1) is 18.6. The summed E-state index contributed by atoms with van der Waals surface area (Å²) in [7, 11) is 0. The van der Waals surface area contributed by atoms with Crippen LogP contribution in [0.1, 0.15) is 27.2 Å². The van der Waals surface area contributed by atoms with Gasteiger partial charge in [0, 0.05) is 34.0 Å². The number of allylic oxidation sites excluding steroid dienone is 3. The lowest BCUT2D eigenvalue weighted by molar-refractivity contribution is 0.104. The Balaban J connectivity index is 1.58.